The normalized spacial score (nSPS) is 16.0. The standard InChI is InChI=1S/C14H13NO5S/c1-2-19-12(16)8-20-10-6-4-3-5-9(10)7-11-13(17)15-14(18)21-11/h3-7H,2,8H2,1H3,(H,15,17,18). The van der Waals surface area contributed by atoms with Crippen molar-refractivity contribution in [2.45, 2.75) is 6.92 Å². The van der Waals surface area contributed by atoms with E-state index in [1.54, 1.807) is 37.3 Å². The van der Waals surface area contributed by atoms with Crippen LogP contribution in [0.4, 0.5) is 4.79 Å². The molecule has 1 aliphatic heterocycles. The van der Waals surface area contributed by atoms with Gasteiger partial charge in [0.1, 0.15) is 5.75 Å². The zero-order valence-electron chi connectivity index (χ0n) is 11.3. The molecule has 1 N–H and O–H groups in total. The van der Waals surface area contributed by atoms with E-state index in [0.29, 0.717) is 11.3 Å². The Morgan fingerprint density at radius 3 is 2.76 bits per heavy atom. The summed E-state index contributed by atoms with van der Waals surface area (Å²) in [5, 5.41) is 1.77. The van der Waals surface area contributed by atoms with Gasteiger partial charge in [-0.05, 0) is 30.8 Å². The summed E-state index contributed by atoms with van der Waals surface area (Å²) in [5.41, 5.74) is 0.606. The fourth-order valence-corrected chi connectivity index (χ4v) is 2.31. The van der Waals surface area contributed by atoms with Crippen LogP contribution in [0.5, 0.6) is 5.75 Å². The molecule has 6 nitrogen and oxygen atoms in total. The first kappa shape index (κ1) is 15.1. The molecule has 0 aliphatic carbocycles. The van der Waals surface area contributed by atoms with Crippen molar-refractivity contribution in [3.63, 3.8) is 0 Å². The average Bonchev–Trinajstić information content (AvgIpc) is 2.76. The molecule has 1 aliphatic rings. The lowest BCUT2D eigenvalue weighted by Crippen LogP contribution is -2.17. The smallest absolute Gasteiger partial charge is 0.344 e. The third-order valence-electron chi connectivity index (χ3n) is 2.50. The van der Waals surface area contributed by atoms with Crippen molar-refractivity contribution in [2.24, 2.45) is 0 Å². The van der Waals surface area contributed by atoms with Gasteiger partial charge in [0.05, 0.1) is 11.5 Å². The molecule has 2 amide bonds. The number of benzene rings is 1. The molecule has 21 heavy (non-hydrogen) atoms. The van der Waals surface area contributed by atoms with Gasteiger partial charge >= 0.3 is 5.97 Å². The summed E-state index contributed by atoms with van der Waals surface area (Å²) in [7, 11) is 0. The monoisotopic (exact) mass is 307 g/mol. The molecule has 1 heterocycles. The maximum Gasteiger partial charge on any atom is 0.344 e. The van der Waals surface area contributed by atoms with E-state index in [2.05, 4.69) is 5.32 Å². The van der Waals surface area contributed by atoms with Crippen molar-refractivity contribution < 1.29 is 23.9 Å². The molecule has 1 fully saturated rings. The lowest BCUT2D eigenvalue weighted by molar-refractivity contribution is -0.145. The fourth-order valence-electron chi connectivity index (χ4n) is 1.63. The largest absolute Gasteiger partial charge is 0.481 e. The summed E-state index contributed by atoms with van der Waals surface area (Å²) < 4.78 is 10.2. The summed E-state index contributed by atoms with van der Waals surface area (Å²) in [6.07, 6.45) is 1.55. The molecule has 0 radical (unpaired) electrons. The van der Waals surface area contributed by atoms with Crippen molar-refractivity contribution >= 4 is 35.0 Å². The molecule has 1 aromatic rings. The van der Waals surface area contributed by atoms with Gasteiger partial charge in [-0.15, -0.1) is 0 Å². The maximum atomic E-state index is 11.5. The minimum atomic E-state index is -0.469. The zero-order valence-corrected chi connectivity index (χ0v) is 12.1. The van der Waals surface area contributed by atoms with Gasteiger partial charge in [-0.25, -0.2) is 4.79 Å². The minimum absolute atomic E-state index is 0.216. The Balaban J connectivity index is 2.14. The van der Waals surface area contributed by atoms with Crippen LogP contribution < -0.4 is 10.1 Å². The van der Waals surface area contributed by atoms with Crippen molar-refractivity contribution in [2.75, 3.05) is 13.2 Å². The van der Waals surface area contributed by atoms with Crippen LogP contribution in [0.15, 0.2) is 29.2 Å². The third-order valence-corrected chi connectivity index (χ3v) is 3.31. The molecular formula is C14H13NO5S. The van der Waals surface area contributed by atoms with Crippen LogP contribution in [-0.4, -0.2) is 30.3 Å². The predicted octanol–water partition coefficient (Wildman–Crippen LogP) is 1.95. The number of carbonyl (C=O) groups is 3. The first-order valence-corrected chi connectivity index (χ1v) is 7.04. The Labute approximate surface area is 125 Å². The van der Waals surface area contributed by atoms with Crippen LogP contribution in [-0.2, 0) is 14.3 Å². The number of hydrogen-bond acceptors (Lipinski definition) is 6. The maximum absolute atomic E-state index is 11.5. The molecule has 1 saturated heterocycles. The van der Waals surface area contributed by atoms with E-state index in [9.17, 15) is 14.4 Å². The molecule has 1 aromatic carbocycles. The summed E-state index contributed by atoms with van der Waals surface area (Å²) in [4.78, 5) is 34.2. The summed E-state index contributed by atoms with van der Waals surface area (Å²) in [6.45, 7) is 1.78. The number of amides is 2. The second kappa shape index (κ2) is 6.94. The molecule has 110 valence electrons. The Morgan fingerprint density at radius 2 is 2.10 bits per heavy atom. The summed E-state index contributed by atoms with van der Waals surface area (Å²) >= 11 is 0.824. The molecule has 7 heteroatoms. The summed E-state index contributed by atoms with van der Waals surface area (Å²) in [6, 6.07) is 6.91. The van der Waals surface area contributed by atoms with Gasteiger partial charge in [0.15, 0.2) is 6.61 Å². The quantitative estimate of drug-likeness (QED) is 0.661. The number of hydrogen-bond donors (Lipinski definition) is 1. The van der Waals surface area contributed by atoms with Crippen molar-refractivity contribution in [3.8, 4) is 5.75 Å². The lowest BCUT2D eigenvalue weighted by Gasteiger charge is -2.08. The van der Waals surface area contributed by atoms with Crippen LogP contribution in [0.1, 0.15) is 12.5 Å². The molecule has 0 saturated carbocycles. The van der Waals surface area contributed by atoms with Gasteiger partial charge in [0.25, 0.3) is 11.1 Å². The van der Waals surface area contributed by atoms with Gasteiger partial charge in [0, 0.05) is 5.56 Å². The lowest BCUT2D eigenvalue weighted by atomic mass is 10.2. The molecule has 0 aromatic heterocycles. The Morgan fingerprint density at radius 1 is 1.33 bits per heavy atom. The van der Waals surface area contributed by atoms with E-state index in [1.807, 2.05) is 0 Å². The predicted molar refractivity (Wildman–Crippen MR) is 77.7 cm³/mol. The van der Waals surface area contributed by atoms with E-state index in [4.69, 9.17) is 9.47 Å². The highest BCUT2D eigenvalue weighted by molar-refractivity contribution is 8.18. The van der Waals surface area contributed by atoms with Crippen LogP contribution in [0.25, 0.3) is 6.08 Å². The zero-order chi connectivity index (χ0) is 15.2. The topological polar surface area (TPSA) is 81.7 Å². The van der Waals surface area contributed by atoms with Gasteiger partial charge in [-0.3, -0.25) is 14.9 Å². The van der Waals surface area contributed by atoms with Gasteiger partial charge in [0.2, 0.25) is 0 Å². The molecule has 2 rings (SSSR count). The number of para-hydroxylation sites is 1. The van der Waals surface area contributed by atoms with Crippen LogP contribution >= 0.6 is 11.8 Å². The SMILES string of the molecule is CCOC(=O)COc1ccccc1C=C1SC(=O)NC1=O. The highest BCUT2D eigenvalue weighted by atomic mass is 32.2. The van der Waals surface area contributed by atoms with E-state index >= 15 is 0 Å². The number of carbonyl (C=O) groups excluding carboxylic acids is 3. The van der Waals surface area contributed by atoms with Crippen LogP contribution in [0.3, 0.4) is 0 Å². The molecule has 0 spiro atoms. The number of thioether (sulfide) groups is 1. The summed E-state index contributed by atoms with van der Waals surface area (Å²) in [5.74, 6) is -0.473. The van der Waals surface area contributed by atoms with Gasteiger partial charge in [-0.2, -0.15) is 0 Å². The highest BCUT2D eigenvalue weighted by Crippen LogP contribution is 2.28. The molecule has 0 bridgehead atoms. The van der Waals surface area contributed by atoms with Crippen molar-refractivity contribution in [1.82, 2.24) is 5.32 Å². The van der Waals surface area contributed by atoms with E-state index in [1.165, 1.54) is 0 Å². The fraction of sp³-hybridized carbons (Fsp3) is 0.214. The average molecular weight is 307 g/mol. The molecular weight excluding hydrogens is 294 g/mol. The number of ether oxygens (including phenoxy) is 2. The van der Waals surface area contributed by atoms with E-state index < -0.39 is 17.1 Å². The second-order valence-electron chi connectivity index (χ2n) is 3.98. The Kier molecular flexibility index (Phi) is 4.99. The first-order valence-electron chi connectivity index (χ1n) is 6.22. The van der Waals surface area contributed by atoms with Crippen molar-refractivity contribution in [1.29, 1.82) is 0 Å². The molecule has 0 unspecified atom stereocenters. The van der Waals surface area contributed by atoms with E-state index in [-0.39, 0.29) is 18.1 Å². The highest BCUT2D eigenvalue weighted by Gasteiger charge is 2.25. The minimum Gasteiger partial charge on any atom is -0.481 e. The van der Waals surface area contributed by atoms with E-state index in [0.717, 1.165) is 11.8 Å². The number of nitrogens with one attached hydrogen (secondary N) is 1. The number of esters is 1. The van der Waals surface area contributed by atoms with Gasteiger partial charge < -0.3 is 9.47 Å². The second-order valence-corrected chi connectivity index (χ2v) is 5.00. The van der Waals surface area contributed by atoms with Crippen molar-refractivity contribution in [3.05, 3.63) is 34.7 Å². The molecule has 0 atom stereocenters. The Hall–Kier alpha value is -2.28. The third kappa shape index (κ3) is 4.09. The van der Waals surface area contributed by atoms with Crippen LogP contribution in [0.2, 0.25) is 0 Å². The van der Waals surface area contributed by atoms with Gasteiger partial charge in [-0.1, -0.05) is 18.2 Å². The first-order chi connectivity index (χ1) is 10.1. The number of rotatable bonds is 5. The van der Waals surface area contributed by atoms with Crippen LogP contribution in [0, 0.1) is 0 Å². The Bertz CT molecular complexity index is 611. The number of imide groups is 1.